The third kappa shape index (κ3) is 4.50. The summed E-state index contributed by atoms with van der Waals surface area (Å²) in [6, 6.07) is 11.2. The molecule has 1 aliphatic rings. The molecule has 1 saturated carbocycles. The molecule has 0 aromatic heterocycles. The molecule has 1 aromatic carbocycles. The van der Waals surface area contributed by atoms with E-state index in [9.17, 15) is 0 Å². The van der Waals surface area contributed by atoms with Gasteiger partial charge in [0.15, 0.2) is 0 Å². The molecule has 19 heavy (non-hydrogen) atoms. The molecule has 0 amide bonds. The molecule has 104 valence electrons. The lowest BCUT2D eigenvalue weighted by atomic mass is 9.78. The van der Waals surface area contributed by atoms with Gasteiger partial charge in [0.2, 0.25) is 0 Å². The van der Waals surface area contributed by atoms with E-state index >= 15 is 0 Å². The van der Waals surface area contributed by atoms with Crippen LogP contribution < -0.4 is 5.32 Å². The second-order valence-corrected chi connectivity index (χ2v) is 6.02. The summed E-state index contributed by atoms with van der Waals surface area (Å²) in [7, 11) is 0. The summed E-state index contributed by atoms with van der Waals surface area (Å²) in [5.41, 5.74) is 1.29. The minimum atomic E-state index is 0.717. The van der Waals surface area contributed by atoms with Crippen LogP contribution in [0.25, 0.3) is 6.08 Å². The van der Waals surface area contributed by atoms with Crippen LogP contribution in [-0.2, 0) is 0 Å². The summed E-state index contributed by atoms with van der Waals surface area (Å²) in [5.74, 6) is 1.66. The maximum atomic E-state index is 3.74. The summed E-state index contributed by atoms with van der Waals surface area (Å²) in [6.07, 6.45) is 10.0. The van der Waals surface area contributed by atoms with Gasteiger partial charge in [-0.25, -0.2) is 0 Å². The lowest BCUT2D eigenvalue weighted by Gasteiger charge is -2.34. The van der Waals surface area contributed by atoms with E-state index in [1.54, 1.807) is 0 Å². The van der Waals surface area contributed by atoms with E-state index in [1.165, 1.54) is 31.2 Å². The molecule has 0 heterocycles. The number of benzene rings is 1. The molecule has 0 aliphatic heterocycles. The third-order valence-electron chi connectivity index (χ3n) is 4.28. The fourth-order valence-electron chi connectivity index (χ4n) is 3.19. The highest BCUT2D eigenvalue weighted by atomic mass is 14.9. The minimum absolute atomic E-state index is 0.717. The van der Waals surface area contributed by atoms with Gasteiger partial charge in [0.25, 0.3) is 0 Å². The molecule has 0 radical (unpaired) electrons. The van der Waals surface area contributed by atoms with Gasteiger partial charge in [0, 0.05) is 12.6 Å². The molecular weight excluding hydrogens is 230 g/mol. The van der Waals surface area contributed by atoms with Crippen molar-refractivity contribution in [3.63, 3.8) is 0 Å². The summed E-state index contributed by atoms with van der Waals surface area (Å²) in [5, 5.41) is 3.74. The van der Waals surface area contributed by atoms with Crippen molar-refractivity contribution in [2.24, 2.45) is 11.8 Å². The van der Waals surface area contributed by atoms with Crippen LogP contribution >= 0.6 is 0 Å². The maximum Gasteiger partial charge on any atom is 0.0140 e. The molecule has 1 fully saturated rings. The second kappa shape index (κ2) is 7.49. The van der Waals surface area contributed by atoms with Crippen LogP contribution in [-0.4, -0.2) is 12.6 Å². The normalized spacial score (nSPS) is 24.2. The van der Waals surface area contributed by atoms with E-state index in [1.807, 2.05) is 0 Å². The lowest BCUT2D eigenvalue weighted by Crippen LogP contribution is -2.40. The molecule has 2 atom stereocenters. The van der Waals surface area contributed by atoms with Crippen molar-refractivity contribution in [3.05, 3.63) is 42.0 Å². The van der Waals surface area contributed by atoms with Gasteiger partial charge in [-0.05, 0) is 30.2 Å². The monoisotopic (exact) mass is 257 g/mol. The molecule has 1 aliphatic carbocycles. The molecule has 0 bridgehead atoms. The van der Waals surface area contributed by atoms with Gasteiger partial charge in [-0.15, -0.1) is 0 Å². The smallest absolute Gasteiger partial charge is 0.0140 e. The predicted molar refractivity (Wildman–Crippen MR) is 84.1 cm³/mol. The molecule has 2 unspecified atom stereocenters. The van der Waals surface area contributed by atoms with E-state index in [0.717, 1.165) is 18.4 Å². The Morgan fingerprint density at radius 3 is 2.63 bits per heavy atom. The Labute approximate surface area is 118 Å². The van der Waals surface area contributed by atoms with Crippen molar-refractivity contribution >= 4 is 6.08 Å². The van der Waals surface area contributed by atoms with E-state index in [-0.39, 0.29) is 0 Å². The molecule has 1 aromatic rings. The van der Waals surface area contributed by atoms with Gasteiger partial charge in [0.05, 0.1) is 0 Å². The molecular formula is C18H27N. The van der Waals surface area contributed by atoms with Gasteiger partial charge >= 0.3 is 0 Å². The third-order valence-corrected chi connectivity index (χ3v) is 4.28. The first-order valence-electron chi connectivity index (χ1n) is 7.72. The summed E-state index contributed by atoms with van der Waals surface area (Å²) in [4.78, 5) is 0. The summed E-state index contributed by atoms with van der Waals surface area (Å²) in [6.45, 7) is 5.72. The van der Waals surface area contributed by atoms with Crippen molar-refractivity contribution in [2.75, 3.05) is 6.54 Å². The van der Waals surface area contributed by atoms with Crippen LogP contribution in [0, 0.1) is 11.8 Å². The second-order valence-electron chi connectivity index (χ2n) is 6.02. The number of nitrogens with one attached hydrogen (secondary N) is 1. The van der Waals surface area contributed by atoms with Crippen LogP contribution in [0.15, 0.2) is 36.4 Å². The average Bonchev–Trinajstić information content (AvgIpc) is 2.45. The molecule has 1 nitrogen and oxygen atoms in total. The zero-order valence-electron chi connectivity index (χ0n) is 12.3. The Balaban J connectivity index is 1.79. The average molecular weight is 257 g/mol. The molecule has 0 spiro atoms. The standard InChI is InChI=1S/C18H27N/c1-15(2)17-12-6-7-13-18(17)19-14-8-11-16-9-4-3-5-10-16/h3-5,8-11,15,17-19H,6-7,12-14H2,1-2H3/b11-8+. The van der Waals surface area contributed by atoms with Crippen molar-refractivity contribution < 1.29 is 0 Å². The van der Waals surface area contributed by atoms with E-state index in [0.29, 0.717) is 6.04 Å². The van der Waals surface area contributed by atoms with Gasteiger partial charge in [0.1, 0.15) is 0 Å². The van der Waals surface area contributed by atoms with Gasteiger partial charge in [-0.2, -0.15) is 0 Å². The van der Waals surface area contributed by atoms with Crippen molar-refractivity contribution in [2.45, 2.75) is 45.6 Å². The van der Waals surface area contributed by atoms with Gasteiger partial charge in [-0.1, -0.05) is 69.2 Å². The Morgan fingerprint density at radius 2 is 1.89 bits per heavy atom. The van der Waals surface area contributed by atoms with Crippen LogP contribution in [0.5, 0.6) is 0 Å². The largest absolute Gasteiger partial charge is 0.310 e. The Bertz CT molecular complexity index is 380. The fraction of sp³-hybridized carbons (Fsp3) is 0.556. The first-order chi connectivity index (χ1) is 9.27. The lowest BCUT2D eigenvalue weighted by molar-refractivity contribution is 0.210. The summed E-state index contributed by atoms with van der Waals surface area (Å²) < 4.78 is 0. The zero-order chi connectivity index (χ0) is 13.5. The Morgan fingerprint density at radius 1 is 1.16 bits per heavy atom. The van der Waals surface area contributed by atoms with E-state index in [2.05, 4.69) is 61.6 Å². The maximum absolute atomic E-state index is 3.74. The minimum Gasteiger partial charge on any atom is -0.310 e. The SMILES string of the molecule is CC(C)C1CCCCC1NC/C=C/c1ccccc1. The number of rotatable bonds is 5. The molecule has 1 heteroatoms. The van der Waals surface area contributed by atoms with Crippen LogP contribution in [0.2, 0.25) is 0 Å². The summed E-state index contributed by atoms with van der Waals surface area (Å²) >= 11 is 0. The Hall–Kier alpha value is -1.08. The van der Waals surface area contributed by atoms with E-state index < -0.39 is 0 Å². The van der Waals surface area contributed by atoms with Crippen LogP contribution in [0.1, 0.15) is 45.1 Å². The highest BCUT2D eigenvalue weighted by Gasteiger charge is 2.26. The first-order valence-corrected chi connectivity index (χ1v) is 7.72. The number of hydrogen-bond acceptors (Lipinski definition) is 1. The Kier molecular flexibility index (Phi) is 5.65. The first kappa shape index (κ1) is 14.3. The van der Waals surface area contributed by atoms with Gasteiger partial charge in [-0.3, -0.25) is 0 Å². The molecule has 2 rings (SSSR count). The quantitative estimate of drug-likeness (QED) is 0.818. The van der Waals surface area contributed by atoms with Crippen LogP contribution in [0.4, 0.5) is 0 Å². The van der Waals surface area contributed by atoms with Crippen molar-refractivity contribution in [1.29, 1.82) is 0 Å². The highest BCUT2D eigenvalue weighted by molar-refractivity contribution is 5.48. The highest BCUT2D eigenvalue weighted by Crippen LogP contribution is 2.30. The topological polar surface area (TPSA) is 12.0 Å². The predicted octanol–water partition coefficient (Wildman–Crippen LogP) is 4.50. The fourth-order valence-corrected chi connectivity index (χ4v) is 3.19. The molecule has 1 N–H and O–H groups in total. The zero-order valence-corrected chi connectivity index (χ0v) is 12.3. The van der Waals surface area contributed by atoms with Crippen LogP contribution in [0.3, 0.4) is 0 Å². The van der Waals surface area contributed by atoms with Crippen molar-refractivity contribution in [1.82, 2.24) is 5.32 Å². The van der Waals surface area contributed by atoms with Gasteiger partial charge < -0.3 is 5.32 Å². The number of hydrogen-bond donors (Lipinski definition) is 1. The van der Waals surface area contributed by atoms with E-state index in [4.69, 9.17) is 0 Å². The van der Waals surface area contributed by atoms with Crippen molar-refractivity contribution in [3.8, 4) is 0 Å². The molecule has 0 saturated heterocycles.